The van der Waals surface area contributed by atoms with E-state index in [1.54, 1.807) is 6.20 Å². The smallest absolute Gasteiger partial charge is 0.231 e. The van der Waals surface area contributed by atoms with E-state index in [1.165, 1.54) is 16.7 Å². The molecule has 0 aliphatic carbocycles. The van der Waals surface area contributed by atoms with Crippen LogP contribution in [0.2, 0.25) is 0 Å². The summed E-state index contributed by atoms with van der Waals surface area (Å²) < 4.78 is 22.6. The summed E-state index contributed by atoms with van der Waals surface area (Å²) in [5.41, 5.74) is 12.4. The Morgan fingerprint density at radius 1 is 0.976 bits per heavy atom. The number of hydrogen-bond donors (Lipinski definition) is 3. The van der Waals surface area contributed by atoms with Gasteiger partial charge >= 0.3 is 0 Å². The van der Waals surface area contributed by atoms with Gasteiger partial charge in [-0.15, -0.1) is 0 Å². The first kappa shape index (κ1) is 29.0. The van der Waals surface area contributed by atoms with Crippen LogP contribution in [-0.4, -0.2) is 37.4 Å². The molecule has 42 heavy (non-hydrogen) atoms. The molecular formula is C33H38N4O5. The highest BCUT2D eigenvalue weighted by Gasteiger charge is 2.18. The number of pyridine rings is 1. The molecule has 4 N–H and O–H groups in total. The van der Waals surface area contributed by atoms with Crippen molar-refractivity contribution < 1.29 is 23.7 Å². The van der Waals surface area contributed by atoms with Crippen molar-refractivity contribution in [3.8, 4) is 23.0 Å². The minimum Gasteiger partial charge on any atom is -0.490 e. The van der Waals surface area contributed by atoms with Crippen LogP contribution in [0.15, 0.2) is 54.7 Å². The zero-order valence-electron chi connectivity index (χ0n) is 24.4. The number of hydrogen-bond acceptors (Lipinski definition) is 8. The molecule has 9 heteroatoms. The SMILES string of the molecule is CCOc1cc2ncc(CC(N)=O)c(Nc3cccc(CNCCc4ccc5c(c4)OCO5)c3CC)c2cc1OCC. The molecule has 9 nitrogen and oxygen atoms in total. The summed E-state index contributed by atoms with van der Waals surface area (Å²) in [6.07, 6.45) is 3.47. The highest BCUT2D eigenvalue weighted by Crippen LogP contribution is 2.38. The number of rotatable bonds is 14. The van der Waals surface area contributed by atoms with Crippen LogP contribution in [0, 0.1) is 0 Å². The van der Waals surface area contributed by atoms with E-state index in [-0.39, 0.29) is 13.2 Å². The van der Waals surface area contributed by atoms with Gasteiger partial charge in [0.1, 0.15) is 0 Å². The number of carbonyl (C=O) groups is 1. The maximum Gasteiger partial charge on any atom is 0.231 e. The zero-order chi connectivity index (χ0) is 29.5. The molecule has 0 atom stereocenters. The third kappa shape index (κ3) is 6.52. The second kappa shape index (κ2) is 13.4. The molecule has 220 valence electrons. The lowest BCUT2D eigenvalue weighted by molar-refractivity contribution is -0.117. The summed E-state index contributed by atoms with van der Waals surface area (Å²) in [5.74, 6) is 2.45. The van der Waals surface area contributed by atoms with Crippen LogP contribution in [0.25, 0.3) is 10.9 Å². The summed E-state index contributed by atoms with van der Waals surface area (Å²) in [7, 11) is 0. The fraction of sp³-hybridized carbons (Fsp3) is 0.333. The molecule has 0 saturated carbocycles. The number of nitrogens with zero attached hydrogens (tertiary/aromatic N) is 1. The Kier molecular flexibility index (Phi) is 9.28. The van der Waals surface area contributed by atoms with Gasteiger partial charge in [-0.3, -0.25) is 9.78 Å². The van der Waals surface area contributed by atoms with Crippen molar-refractivity contribution in [3.63, 3.8) is 0 Å². The van der Waals surface area contributed by atoms with Gasteiger partial charge < -0.3 is 35.3 Å². The average Bonchev–Trinajstić information content (AvgIpc) is 3.45. The molecule has 0 fully saturated rings. The van der Waals surface area contributed by atoms with Crippen molar-refractivity contribution >= 4 is 28.2 Å². The fourth-order valence-corrected chi connectivity index (χ4v) is 5.27. The first-order valence-corrected chi connectivity index (χ1v) is 14.5. The number of aromatic nitrogens is 1. The Bertz CT molecular complexity index is 1570. The number of fused-ring (bicyclic) bond motifs is 2. The number of primary amides is 1. The van der Waals surface area contributed by atoms with Crippen molar-refractivity contribution in [2.45, 2.75) is 46.6 Å². The maximum atomic E-state index is 12.0. The Hall–Kier alpha value is -4.50. The first-order valence-electron chi connectivity index (χ1n) is 14.5. The molecule has 0 spiro atoms. The van der Waals surface area contributed by atoms with Crippen LogP contribution in [0.4, 0.5) is 11.4 Å². The second-order valence-corrected chi connectivity index (χ2v) is 10.0. The minimum absolute atomic E-state index is 0.0605. The number of nitrogens with one attached hydrogen (secondary N) is 2. The second-order valence-electron chi connectivity index (χ2n) is 10.0. The molecule has 5 rings (SSSR count). The lowest BCUT2D eigenvalue weighted by Crippen LogP contribution is -2.18. The summed E-state index contributed by atoms with van der Waals surface area (Å²) >= 11 is 0. The quantitative estimate of drug-likeness (QED) is 0.172. The fourth-order valence-electron chi connectivity index (χ4n) is 5.27. The van der Waals surface area contributed by atoms with Gasteiger partial charge in [0.15, 0.2) is 23.0 Å². The lowest BCUT2D eigenvalue weighted by Gasteiger charge is -2.20. The number of anilines is 2. The van der Waals surface area contributed by atoms with E-state index >= 15 is 0 Å². The highest BCUT2D eigenvalue weighted by atomic mass is 16.7. The van der Waals surface area contributed by atoms with E-state index in [0.29, 0.717) is 24.7 Å². The number of benzene rings is 3. The molecule has 3 aromatic carbocycles. The van der Waals surface area contributed by atoms with Gasteiger partial charge in [-0.2, -0.15) is 0 Å². The van der Waals surface area contributed by atoms with Crippen LogP contribution in [0.3, 0.4) is 0 Å². The molecule has 0 unspecified atom stereocenters. The van der Waals surface area contributed by atoms with Crippen molar-refractivity contribution in [3.05, 3.63) is 77.0 Å². The molecule has 4 aromatic rings. The molecule has 0 saturated heterocycles. The molecule has 1 aliphatic rings. The van der Waals surface area contributed by atoms with Gasteiger partial charge in [-0.25, -0.2) is 0 Å². The number of amides is 1. The van der Waals surface area contributed by atoms with E-state index in [1.807, 2.05) is 44.2 Å². The van der Waals surface area contributed by atoms with Gasteiger partial charge in [0.05, 0.1) is 30.8 Å². The molecule has 1 amide bonds. The Morgan fingerprint density at radius 3 is 2.52 bits per heavy atom. The minimum atomic E-state index is -0.425. The normalized spacial score (nSPS) is 12.0. The standard InChI is InChI=1S/C33H38N4O5/c1-4-24-22(18-35-13-12-21-10-11-28-29(14-21)42-20-41-28)8-7-9-26(24)37-33-23(15-32(34)38)19-36-27-17-31(40-6-3)30(39-5-2)16-25(27)33/h7-11,14,16-17,19,35H,4-6,12-13,15,18,20H2,1-3H3,(H2,34,38)(H,36,37). The van der Waals surface area contributed by atoms with Gasteiger partial charge in [0.25, 0.3) is 0 Å². The maximum absolute atomic E-state index is 12.0. The van der Waals surface area contributed by atoms with Crippen LogP contribution < -0.4 is 35.3 Å². The topological polar surface area (TPSA) is 117 Å². The van der Waals surface area contributed by atoms with Crippen LogP contribution in [0.1, 0.15) is 43.0 Å². The molecule has 0 radical (unpaired) electrons. The van der Waals surface area contributed by atoms with Crippen LogP contribution in [-0.2, 0) is 30.6 Å². The average molecular weight is 571 g/mol. The highest BCUT2D eigenvalue weighted by molar-refractivity contribution is 5.98. The first-order chi connectivity index (χ1) is 20.5. The number of carbonyl (C=O) groups excluding carboxylic acids is 1. The zero-order valence-corrected chi connectivity index (χ0v) is 24.4. The van der Waals surface area contributed by atoms with Crippen molar-refractivity contribution in [2.24, 2.45) is 5.73 Å². The van der Waals surface area contributed by atoms with Gasteiger partial charge in [0, 0.05) is 35.4 Å². The van der Waals surface area contributed by atoms with Crippen LogP contribution in [0.5, 0.6) is 23.0 Å². The molecule has 0 bridgehead atoms. The van der Waals surface area contributed by atoms with Crippen molar-refractivity contribution in [1.82, 2.24) is 10.3 Å². The largest absolute Gasteiger partial charge is 0.490 e. The third-order valence-electron chi connectivity index (χ3n) is 7.21. The van der Waals surface area contributed by atoms with E-state index < -0.39 is 5.91 Å². The number of ether oxygens (including phenoxy) is 4. The van der Waals surface area contributed by atoms with Crippen LogP contribution >= 0.6 is 0 Å². The van der Waals surface area contributed by atoms with E-state index in [2.05, 4.69) is 40.7 Å². The van der Waals surface area contributed by atoms with Gasteiger partial charge in [0.2, 0.25) is 12.7 Å². The molecule has 1 aliphatic heterocycles. The predicted octanol–water partition coefficient (Wildman–Crippen LogP) is 5.43. The monoisotopic (exact) mass is 570 g/mol. The van der Waals surface area contributed by atoms with E-state index in [0.717, 1.165) is 65.3 Å². The Balaban J connectivity index is 1.40. The van der Waals surface area contributed by atoms with E-state index in [9.17, 15) is 4.79 Å². The van der Waals surface area contributed by atoms with Crippen molar-refractivity contribution in [1.29, 1.82) is 0 Å². The molecule has 1 aromatic heterocycles. The molecular weight excluding hydrogens is 532 g/mol. The lowest BCUT2D eigenvalue weighted by atomic mass is 10.0. The van der Waals surface area contributed by atoms with Gasteiger partial charge in [-0.05, 0) is 74.2 Å². The predicted molar refractivity (Wildman–Crippen MR) is 164 cm³/mol. The summed E-state index contributed by atoms with van der Waals surface area (Å²) in [4.78, 5) is 16.6. The number of nitrogens with two attached hydrogens (primary N) is 1. The Labute approximate surface area is 246 Å². The third-order valence-corrected chi connectivity index (χ3v) is 7.21. The summed E-state index contributed by atoms with van der Waals surface area (Å²) in [5, 5.41) is 8.06. The van der Waals surface area contributed by atoms with E-state index in [4.69, 9.17) is 24.7 Å². The summed E-state index contributed by atoms with van der Waals surface area (Å²) in [6.45, 7) is 8.84. The summed E-state index contributed by atoms with van der Waals surface area (Å²) in [6, 6.07) is 16.2. The van der Waals surface area contributed by atoms with Crippen molar-refractivity contribution in [2.75, 3.05) is 31.9 Å². The van der Waals surface area contributed by atoms with Gasteiger partial charge in [-0.1, -0.05) is 25.1 Å². The molecule has 2 heterocycles. The Morgan fingerprint density at radius 2 is 1.76 bits per heavy atom.